The van der Waals surface area contributed by atoms with Crippen LogP contribution in [0.1, 0.15) is 49.4 Å². The van der Waals surface area contributed by atoms with Crippen molar-refractivity contribution in [2.75, 3.05) is 52.1 Å². The smallest absolute Gasteiger partial charge is 0.256 e. The van der Waals surface area contributed by atoms with Gasteiger partial charge < -0.3 is 50.4 Å². The predicted octanol–water partition coefficient (Wildman–Crippen LogP) is 3.83. The van der Waals surface area contributed by atoms with Crippen molar-refractivity contribution >= 4 is 23.2 Å². The number of aliphatic hydroxyl groups excluding tert-OH is 2. The second-order valence-electron chi connectivity index (χ2n) is 12.7. The van der Waals surface area contributed by atoms with Gasteiger partial charge in [0.1, 0.15) is 0 Å². The third kappa shape index (κ3) is 7.38. The second kappa shape index (κ2) is 15.6. The molecule has 0 unspecified atom stereocenters. The van der Waals surface area contributed by atoms with E-state index in [1.807, 2.05) is 48.5 Å². The van der Waals surface area contributed by atoms with Crippen molar-refractivity contribution in [1.82, 2.24) is 9.80 Å². The van der Waals surface area contributed by atoms with Crippen molar-refractivity contribution in [3.63, 3.8) is 0 Å². The Hall–Kier alpha value is -5.46. The van der Waals surface area contributed by atoms with Gasteiger partial charge in [-0.2, -0.15) is 0 Å². The van der Waals surface area contributed by atoms with Crippen LogP contribution in [0.2, 0.25) is 0 Å². The highest BCUT2D eigenvalue weighted by Gasteiger charge is 2.33. The van der Waals surface area contributed by atoms with Crippen LogP contribution >= 0.6 is 0 Å². The zero-order chi connectivity index (χ0) is 36.1. The van der Waals surface area contributed by atoms with Crippen molar-refractivity contribution < 1.29 is 38.7 Å². The third-order valence-corrected chi connectivity index (χ3v) is 9.59. The largest absolute Gasteiger partial charge is 0.493 e. The van der Waals surface area contributed by atoms with Gasteiger partial charge in [-0.1, -0.05) is 48.5 Å². The van der Waals surface area contributed by atoms with E-state index >= 15 is 0 Å². The van der Waals surface area contributed by atoms with Gasteiger partial charge in [0, 0.05) is 43.0 Å². The Morgan fingerprint density at radius 2 is 1.04 bits per heavy atom. The second-order valence-corrected chi connectivity index (χ2v) is 12.7. The Kier molecular flexibility index (Phi) is 10.8. The topological polar surface area (TPSA) is 170 Å². The quantitative estimate of drug-likeness (QED) is 0.126. The molecule has 4 aromatic rings. The molecule has 12 nitrogen and oxygen atoms in total. The number of nitrogens with two attached hydrogens (primary N) is 2. The molecular formula is C39H44N4O8. The summed E-state index contributed by atoms with van der Waals surface area (Å²) >= 11 is 0. The molecule has 6 N–H and O–H groups in total. The summed E-state index contributed by atoms with van der Waals surface area (Å²) < 4.78 is 23.1. The molecule has 0 bridgehead atoms. The lowest BCUT2D eigenvalue weighted by Gasteiger charge is -2.36. The number of benzene rings is 4. The number of rotatable bonds is 12. The maximum Gasteiger partial charge on any atom is 0.256 e. The molecule has 0 saturated heterocycles. The van der Waals surface area contributed by atoms with Gasteiger partial charge in [-0.05, 0) is 47.2 Å². The number of ether oxygens (including phenoxy) is 4. The predicted molar refractivity (Wildman–Crippen MR) is 192 cm³/mol. The molecule has 268 valence electrons. The molecule has 12 heteroatoms. The number of carbonyl (C=O) groups is 2. The molecule has 0 fully saturated rings. The first-order valence-corrected chi connectivity index (χ1v) is 16.9. The molecule has 0 aliphatic carbocycles. The van der Waals surface area contributed by atoms with Crippen molar-refractivity contribution in [3.8, 4) is 23.0 Å². The van der Waals surface area contributed by atoms with E-state index in [2.05, 4.69) is 0 Å². The Bertz CT molecular complexity index is 1760. The van der Waals surface area contributed by atoms with Crippen LogP contribution in [0.3, 0.4) is 0 Å². The number of hydrogen-bond acceptors (Lipinski definition) is 10. The van der Waals surface area contributed by atoms with E-state index in [9.17, 15) is 19.8 Å². The Balaban J connectivity index is 1.07. The Labute approximate surface area is 297 Å². The van der Waals surface area contributed by atoms with Gasteiger partial charge >= 0.3 is 0 Å². The lowest BCUT2D eigenvalue weighted by atomic mass is 9.93. The van der Waals surface area contributed by atoms with Gasteiger partial charge in [0.25, 0.3) is 11.8 Å². The third-order valence-electron chi connectivity index (χ3n) is 9.59. The van der Waals surface area contributed by atoms with Crippen LogP contribution in [-0.2, 0) is 25.9 Å². The summed E-state index contributed by atoms with van der Waals surface area (Å²) in [5.74, 6) is 0.855. The number of fused-ring (bicyclic) bond motifs is 2. The fourth-order valence-electron chi connectivity index (χ4n) is 6.78. The summed E-state index contributed by atoms with van der Waals surface area (Å²) in [6.45, 7) is 0.888. The molecule has 4 aromatic carbocycles. The molecule has 51 heavy (non-hydrogen) atoms. The van der Waals surface area contributed by atoms with E-state index in [0.717, 1.165) is 22.3 Å². The highest BCUT2D eigenvalue weighted by atomic mass is 16.5. The zero-order valence-corrected chi connectivity index (χ0v) is 28.8. The Morgan fingerprint density at radius 1 is 0.647 bits per heavy atom. The van der Waals surface area contributed by atoms with E-state index in [0.29, 0.717) is 55.4 Å². The molecule has 0 spiro atoms. The minimum absolute atomic E-state index is 0.166. The first kappa shape index (κ1) is 35.4. The van der Waals surface area contributed by atoms with Crippen molar-refractivity contribution in [3.05, 3.63) is 106 Å². The average Bonchev–Trinajstić information content (AvgIpc) is 3.16. The van der Waals surface area contributed by atoms with Gasteiger partial charge in [0.2, 0.25) is 0 Å². The van der Waals surface area contributed by atoms with Crippen LogP contribution in [0.25, 0.3) is 0 Å². The molecule has 2 heterocycles. The van der Waals surface area contributed by atoms with Crippen LogP contribution in [0, 0.1) is 0 Å². The minimum Gasteiger partial charge on any atom is -0.493 e. The fraction of sp³-hybridized carbons (Fsp3) is 0.333. The van der Waals surface area contributed by atoms with Gasteiger partial charge in [-0.15, -0.1) is 0 Å². The van der Waals surface area contributed by atoms with E-state index in [4.69, 9.17) is 30.4 Å². The van der Waals surface area contributed by atoms with E-state index in [1.54, 1.807) is 34.1 Å². The number of amides is 2. The maximum absolute atomic E-state index is 13.7. The molecule has 6 rings (SSSR count). The number of anilines is 2. The molecule has 2 aliphatic rings. The summed E-state index contributed by atoms with van der Waals surface area (Å²) in [4.78, 5) is 30.6. The summed E-state index contributed by atoms with van der Waals surface area (Å²) in [6.07, 6.45) is 1.57. The standard InChI is InChI=1S/C39H44N4O8/c1-48-34-16-30(38(46)42-20-26-10-5-3-8-24(26)14-28(42)22-44)32(40)18-36(34)50-12-7-13-51-37-19-33(41)31(17-35(37)49-2)39(47)43-21-27-11-6-4-9-25(27)15-29(43)23-45/h3-6,8-11,16-19,28-29,44-45H,7,12-15,20-23,40-41H2,1-2H3/t28-,29+. The van der Waals surface area contributed by atoms with Crippen molar-refractivity contribution in [1.29, 1.82) is 0 Å². The van der Waals surface area contributed by atoms with Gasteiger partial charge in [0.15, 0.2) is 23.0 Å². The number of hydrogen-bond donors (Lipinski definition) is 4. The number of carbonyl (C=O) groups excluding carboxylic acids is 2. The van der Waals surface area contributed by atoms with Crippen LogP contribution in [0.5, 0.6) is 23.0 Å². The zero-order valence-electron chi connectivity index (χ0n) is 28.8. The SMILES string of the molecule is COc1cc(C(=O)N2Cc3ccccc3C[C@H]2CO)c(N)cc1OCCCOc1cc(N)c(C(=O)N2Cc3ccccc3C[C@@H]2CO)cc1OC. The van der Waals surface area contributed by atoms with E-state index in [1.165, 1.54) is 14.2 Å². The number of nitrogens with zero attached hydrogens (tertiary/aromatic N) is 2. The lowest BCUT2D eigenvalue weighted by molar-refractivity contribution is 0.0540. The Morgan fingerprint density at radius 3 is 1.41 bits per heavy atom. The maximum atomic E-state index is 13.7. The first-order chi connectivity index (χ1) is 24.8. The average molecular weight is 697 g/mol. The van der Waals surface area contributed by atoms with Gasteiger partial charge in [0.05, 0.1) is 63.9 Å². The normalized spacial score (nSPS) is 16.5. The van der Waals surface area contributed by atoms with Gasteiger partial charge in [-0.25, -0.2) is 0 Å². The van der Waals surface area contributed by atoms with Crippen LogP contribution in [-0.4, -0.2) is 84.6 Å². The van der Waals surface area contributed by atoms with Gasteiger partial charge in [-0.3, -0.25) is 9.59 Å². The molecule has 0 radical (unpaired) electrons. The van der Waals surface area contributed by atoms with Crippen LogP contribution in [0.4, 0.5) is 11.4 Å². The van der Waals surface area contributed by atoms with Crippen LogP contribution in [0.15, 0.2) is 72.8 Å². The fourth-order valence-corrected chi connectivity index (χ4v) is 6.78. The molecular weight excluding hydrogens is 652 g/mol. The molecule has 2 aliphatic heterocycles. The molecule has 2 amide bonds. The monoisotopic (exact) mass is 696 g/mol. The molecule has 0 saturated carbocycles. The molecule has 0 aromatic heterocycles. The number of aliphatic hydroxyl groups is 2. The summed E-state index contributed by atoms with van der Waals surface area (Å²) in [6, 6.07) is 21.3. The van der Waals surface area contributed by atoms with Crippen molar-refractivity contribution in [2.45, 2.75) is 44.4 Å². The number of nitrogen functional groups attached to an aromatic ring is 2. The minimum atomic E-state index is -0.370. The summed E-state index contributed by atoms with van der Waals surface area (Å²) in [7, 11) is 2.98. The van der Waals surface area contributed by atoms with Crippen LogP contribution < -0.4 is 30.4 Å². The summed E-state index contributed by atoms with van der Waals surface area (Å²) in [5.41, 5.74) is 18.0. The van der Waals surface area contributed by atoms with E-state index in [-0.39, 0.29) is 72.8 Å². The highest BCUT2D eigenvalue weighted by molar-refractivity contribution is 6.01. The van der Waals surface area contributed by atoms with Crippen molar-refractivity contribution in [2.24, 2.45) is 0 Å². The van der Waals surface area contributed by atoms with E-state index < -0.39 is 0 Å². The summed E-state index contributed by atoms with van der Waals surface area (Å²) in [5, 5.41) is 20.1. The highest BCUT2D eigenvalue weighted by Crippen LogP contribution is 2.36. The number of methoxy groups -OCH3 is 2. The first-order valence-electron chi connectivity index (χ1n) is 16.9. The molecule has 2 atom stereocenters. The lowest BCUT2D eigenvalue weighted by Crippen LogP contribution is -2.46.